The van der Waals surface area contributed by atoms with Crippen LogP contribution in [-0.4, -0.2) is 34.1 Å². The third-order valence-corrected chi connectivity index (χ3v) is 7.10. The van der Waals surface area contributed by atoms with Crippen molar-refractivity contribution in [3.05, 3.63) is 53.1 Å². The summed E-state index contributed by atoms with van der Waals surface area (Å²) in [5.74, 6) is 1.08. The van der Waals surface area contributed by atoms with Crippen LogP contribution >= 0.6 is 11.6 Å². The lowest BCUT2D eigenvalue weighted by molar-refractivity contribution is -0.131. The average molecular weight is 402 g/mol. The molecule has 152 valence electrons. The molecule has 28 heavy (non-hydrogen) atoms. The Labute approximate surface area is 173 Å². The number of rotatable bonds is 4. The summed E-state index contributed by atoms with van der Waals surface area (Å²) in [6.45, 7) is 8.71. The lowest BCUT2D eigenvalue weighted by atomic mass is 9.66. The van der Waals surface area contributed by atoms with Gasteiger partial charge in [0.25, 0.3) is 0 Å². The molecule has 1 aromatic carbocycles. The predicted molar refractivity (Wildman–Crippen MR) is 113 cm³/mol. The molecule has 2 aliphatic heterocycles. The minimum Gasteiger partial charge on any atom is -0.373 e. The second kappa shape index (κ2) is 8.17. The smallest absolute Gasteiger partial charge is 0.0947 e. The first-order chi connectivity index (χ1) is 13.5. The molecule has 2 atom stereocenters. The van der Waals surface area contributed by atoms with Crippen LogP contribution in [0.25, 0.3) is 0 Å². The second-order valence-electron chi connectivity index (χ2n) is 9.17. The Bertz CT molecular complexity index is 795. The molecule has 5 heteroatoms. The minimum absolute atomic E-state index is 0.117. The lowest BCUT2D eigenvalue weighted by Gasteiger charge is -2.50. The van der Waals surface area contributed by atoms with Crippen molar-refractivity contribution in [2.75, 3.05) is 19.7 Å². The fourth-order valence-electron chi connectivity index (χ4n) is 4.98. The van der Waals surface area contributed by atoms with Crippen LogP contribution in [0.2, 0.25) is 5.02 Å². The Morgan fingerprint density at radius 2 is 2.00 bits per heavy atom. The monoisotopic (exact) mass is 401 g/mol. The fraction of sp³-hybridized carbons (Fsp3) is 0.609. The summed E-state index contributed by atoms with van der Waals surface area (Å²) < 4.78 is 8.58. The van der Waals surface area contributed by atoms with E-state index >= 15 is 0 Å². The van der Waals surface area contributed by atoms with Crippen LogP contribution < -0.4 is 0 Å². The van der Waals surface area contributed by atoms with Gasteiger partial charge < -0.3 is 9.30 Å². The third kappa shape index (κ3) is 4.14. The molecule has 0 bridgehead atoms. The van der Waals surface area contributed by atoms with Gasteiger partial charge in [-0.2, -0.15) is 0 Å². The van der Waals surface area contributed by atoms with Gasteiger partial charge in [0.05, 0.1) is 24.7 Å². The van der Waals surface area contributed by atoms with Gasteiger partial charge in [-0.3, -0.25) is 4.90 Å². The summed E-state index contributed by atoms with van der Waals surface area (Å²) in [4.78, 5) is 7.02. The molecule has 0 radical (unpaired) electrons. The molecular formula is C23H32ClN3O. The van der Waals surface area contributed by atoms with E-state index in [1.54, 1.807) is 0 Å². The van der Waals surface area contributed by atoms with Crippen molar-refractivity contribution in [1.82, 2.24) is 14.5 Å². The molecular weight excluding hydrogens is 370 g/mol. The number of ether oxygens (including phenoxy) is 1. The first kappa shape index (κ1) is 19.9. The molecule has 1 spiro atoms. The summed E-state index contributed by atoms with van der Waals surface area (Å²) in [5, 5.41) is 0.833. The highest BCUT2D eigenvalue weighted by Gasteiger charge is 2.45. The first-order valence-corrected chi connectivity index (χ1v) is 10.9. The van der Waals surface area contributed by atoms with Crippen molar-refractivity contribution in [2.24, 2.45) is 24.3 Å². The van der Waals surface area contributed by atoms with Crippen LogP contribution in [0.15, 0.2) is 36.8 Å². The van der Waals surface area contributed by atoms with E-state index in [1.165, 1.54) is 19.3 Å². The molecule has 2 aliphatic rings. The lowest BCUT2D eigenvalue weighted by Crippen LogP contribution is -2.47. The van der Waals surface area contributed by atoms with Gasteiger partial charge in [0.15, 0.2) is 0 Å². The second-order valence-corrected chi connectivity index (χ2v) is 9.58. The van der Waals surface area contributed by atoms with E-state index in [0.29, 0.717) is 17.3 Å². The summed E-state index contributed by atoms with van der Waals surface area (Å²) in [5.41, 5.74) is 2.63. The zero-order valence-corrected chi connectivity index (χ0v) is 18.0. The van der Waals surface area contributed by atoms with Gasteiger partial charge in [-0.15, -0.1) is 0 Å². The molecule has 0 amide bonds. The molecule has 0 unspecified atom stereocenters. The number of aryl methyl sites for hydroxylation is 1. The highest BCUT2D eigenvalue weighted by Crippen LogP contribution is 2.50. The number of hydrogen-bond donors (Lipinski definition) is 0. The van der Waals surface area contributed by atoms with Crippen molar-refractivity contribution in [1.29, 1.82) is 0 Å². The van der Waals surface area contributed by atoms with Crippen LogP contribution in [0.5, 0.6) is 0 Å². The van der Waals surface area contributed by atoms with E-state index in [4.69, 9.17) is 16.3 Å². The summed E-state index contributed by atoms with van der Waals surface area (Å²) in [6.07, 6.45) is 7.77. The van der Waals surface area contributed by atoms with Gasteiger partial charge in [0.2, 0.25) is 0 Å². The van der Waals surface area contributed by atoms with Crippen molar-refractivity contribution in [3.8, 4) is 0 Å². The van der Waals surface area contributed by atoms with E-state index in [-0.39, 0.29) is 6.10 Å². The molecule has 4 nitrogen and oxygen atoms in total. The average Bonchev–Trinajstić information content (AvgIpc) is 3.09. The Morgan fingerprint density at radius 1 is 1.25 bits per heavy atom. The Hall–Kier alpha value is -1.36. The number of hydrogen-bond acceptors (Lipinski definition) is 3. The number of piperidine rings is 1. The Morgan fingerprint density at radius 3 is 2.64 bits per heavy atom. The Kier molecular flexibility index (Phi) is 5.82. The summed E-state index contributed by atoms with van der Waals surface area (Å²) >= 11 is 6.51. The molecule has 2 aromatic rings. The van der Waals surface area contributed by atoms with Gasteiger partial charge in [-0.05, 0) is 61.2 Å². The number of benzene rings is 1. The van der Waals surface area contributed by atoms with E-state index < -0.39 is 0 Å². The van der Waals surface area contributed by atoms with Crippen molar-refractivity contribution in [3.63, 3.8) is 0 Å². The number of likely N-dealkylation sites (tertiary alicyclic amines) is 1. The van der Waals surface area contributed by atoms with Crippen LogP contribution in [0.3, 0.4) is 0 Å². The molecule has 1 aromatic heterocycles. The highest BCUT2D eigenvalue weighted by atomic mass is 35.5. The highest BCUT2D eigenvalue weighted by molar-refractivity contribution is 6.31. The molecule has 0 N–H and O–H groups in total. The maximum Gasteiger partial charge on any atom is 0.0947 e. The standard InChI is InChI=1S/C23H32ClN3O/c1-17(2)20-12-23(15-28-22(20)19-6-4-5-7-21(19)24)8-10-27(11-9-23)14-18-13-26(3)16-25-18/h4-7,13,16-17,20,22H,8-12,14-15H2,1-3H3/t20-,22-/m1/s1. The zero-order valence-electron chi connectivity index (χ0n) is 17.3. The van der Waals surface area contributed by atoms with Gasteiger partial charge >= 0.3 is 0 Å². The van der Waals surface area contributed by atoms with Gasteiger partial charge in [-0.25, -0.2) is 4.98 Å². The van der Waals surface area contributed by atoms with E-state index in [0.717, 1.165) is 42.5 Å². The molecule has 4 rings (SSSR count). The minimum atomic E-state index is 0.117. The quantitative estimate of drug-likeness (QED) is 0.714. The van der Waals surface area contributed by atoms with Crippen LogP contribution in [-0.2, 0) is 18.3 Å². The zero-order chi connectivity index (χ0) is 19.7. The van der Waals surface area contributed by atoms with E-state index in [1.807, 2.05) is 30.1 Å². The largest absolute Gasteiger partial charge is 0.373 e. The summed E-state index contributed by atoms with van der Waals surface area (Å²) in [6, 6.07) is 8.19. The SMILES string of the molecule is CC(C)[C@H]1CC2(CCN(Cc3cn(C)cn3)CC2)CO[C@@H]1c1ccccc1Cl. The third-order valence-electron chi connectivity index (χ3n) is 6.76. The molecule has 0 saturated carbocycles. The van der Waals surface area contributed by atoms with Crippen LogP contribution in [0.1, 0.15) is 50.5 Å². The van der Waals surface area contributed by atoms with Crippen molar-refractivity contribution < 1.29 is 4.74 Å². The first-order valence-electron chi connectivity index (χ1n) is 10.5. The Balaban J connectivity index is 1.42. The molecule has 2 fully saturated rings. The van der Waals surface area contributed by atoms with Gasteiger partial charge in [-0.1, -0.05) is 43.6 Å². The molecule has 0 aliphatic carbocycles. The maximum absolute atomic E-state index is 6.55. The predicted octanol–water partition coefficient (Wildman–Crippen LogP) is 5.09. The maximum atomic E-state index is 6.55. The van der Waals surface area contributed by atoms with Crippen molar-refractivity contribution >= 4 is 11.6 Å². The number of halogens is 1. The number of aromatic nitrogens is 2. The molecule has 2 saturated heterocycles. The number of nitrogens with zero attached hydrogens (tertiary/aromatic N) is 3. The number of imidazole rings is 1. The van der Waals surface area contributed by atoms with Crippen LogP contribution in [0.4, 0.5) is 0 Å². The summed E-state index contributed by atoms with van der Waals surface area (Å²) in [7, 11) is 2.03. The van der Waals surface area contributed by atoms with Crippen molar-refractivity contribution in [2.45, 2.75) is 45.8 Å². The molecule has 3 heterocycles. The topological polar surface area (TPSA) is 30.3 Å². The normalized spacial score (nSPS) is 25.5. The van der Waals surface area contributed by atoms with Gasteiger partial charge in [0, 0.05) is 24.8 Å². The fourth-order valence-corrected chi connectivity index (χ4v) is 5.22. The van der Waals surface area contributed by atoms with Crippen LogP contribution in [0, 0.1) is 17.3 Å². The van der Waals surface area contributed by atoms with Gasteiger partial charge in [0.1, 0.15) is 0 Å². The van der Waals surface area contributed by atoms with E-state index in [9.17, 15) is 0 Å². The van der Waals surface area contributed by atoms with E-state index in [2.05, 4.69) is 42.1 Å².